The average molecular weight is 707 g/mol. The maximum Gasteiger partial charge on any atom is 0.0520 e. The first-order valence-electron chi connectivity index (χ1n) is 20.2. The van der Waals surface area contributed by atoms with Crippen LogP contribution in [0.3, 0.4) is 0 Å². The number of hydrogen-bond acceptors (Lipinski definition) is 2. The molecule has 0 unspecified atom stereocenters. The Morgan fingerprint density at radius 2 is 0.667 bits per heavy atom. The minimum absolute atomic E-state index is 0.144. The lowest BCUT2D eigenvalue weighted by Gasteiger charge is -2.48. The van der Waals surface area contributed by atoms with Gasteiger partial charge in [0.2, 0.25) is 0 Å². The standard InChI is InChI=1S/C52H54N2/c1-33-11-15-41(16-12-33)53(49-37(5)27-35(3)28-38(49)6)43-19-21-45-46-22-20-44(32-48(46)52-25-9-23-51(52,24-10-26-52)47(45)31-43)54(42-17-13-34(2)14-18-42)50-39(7)29-36(4)30-40(50)8/h11-22,27-32H,9-10,23-26H2,1-8H3. The predicted octanol–water partition coefficient (Wildman–Crippen LogP) is 14.6. The van der Waals surface area contributed by atoms with Gasteiger partial charge in [-0.25, -0.2) is 0 Å². The molecule has 0 N–H and O–H groups in total. The largest absolute Gasteiger partial charge is 0.310 e. The number of aryl methyl sites for hydroxylation is 8. The van der Waals surface area contributed by atoms with E-state index in [0.717, 1.165) is 0 Å². The van der Waals surface area contributed by atoms with Crippen molar-refractivity contribution in [3.05, 3.63) is 165 Å². The fourth-order valence-electron chi connectivity index (χ4n) is 11.5. The number of anilines is 6. The summed E-state index contributed by atoms with van der Waals surface area (Å²) >= 11 is 0. The topological polar surface area (TPSA) is 6.48 Å². The molecule has 0 heterocycles. The second-order valence-electron chi connectivity index (χ2n) is 17.2. The second-order valence-corrected chi connectivity index (χ2v) is 17.2. The highest BCUT2D eigenvalue weighted by atomic mass is 15.2. The zero-order chi connectivity index (χ0) is 37.5. The molecule has 0 saturated heterocycles. The van der Waals surface area contributed by atoms with Gasteiger partial charge in [-0.3, -0.25) is 0 Å². The summed E-state index contributed by atoms with van der Waals surface area (Å²) in [5.41, 5.74) is 24.3. The van der Waals surface area contributed by atoms with E-state index in [0.29, 0.717) is 0 Å². The van der Waals surface area contributed by atoms with E-state index in [2.05, 4.69) is 174 Å². The molecule has 54 heavy (non-hydrogen) atoms. The van der Waals surface area contributed by atoms with Gasteiger partial charge in [0, 0.05) is 33.6 Å². The molecule has 3 aliphatic carbocycles. The van der Waals surface area contributed by atoms with Crippen molar-refractivity contribution in [2.24, 2.45) is 0 Å². The molecule has 6 aromatic rings. The van der Waals surface area contributed by atoms with Crippen molar-refractivity contribution in [3.63, 3.8) is 0 Å². The van der Waals surface area contributed by atoms with Crippen LogP contribution in [-0.2, 0) is 10.8 Å². The molecule has 0 aromatic heterocycles. The second kappa shape index (κ2) is 12.8. The molecule has 0 radical (unpaired) electrons. The maximum absolute atomic E-state index is 2.62. The van der Waals surface area contributed by atoms with Gasteiger partial charge in [-0.15, -0.1) is 0 Å². The Balaban J connectivity index is 1.26. The van der Waals surface area contributed by atoms with Gasteiger partial charge in [-0.2, -0.15) is 0 Å². The van der Waals surface area contributed by atoms with Crippen LogP contribution in [0.4, 0.5) is 34.1 Å². The van der Waals surface area contributed by atoms with Crippen LogP contribution in [-0.4, -0.2) is 0 Å². The molecule has 2 heteroatoms. The van der Waals surface area contributed by atoms with Crippen LogP contribution < -0.4 is 9.80 Å². The summed E-state index contributed by atoms with van der Waals surface area (Å²) in [4.78, 5) is 5.08. The summed E-state index contributed by atoms with van der Waals surface area (Å²) in [6.45, 7) is 17.9. The van der Waals surface area contributed by atoms with E-state index in [4.69, 9.17) is 0 Å². The average Bonchev–Trinajstić information content (AvgIpc) is 3.71. The Labute approximate surface area is 323 Å². The summed E-state index contributed by atoms with van der Waals surface area (Å²) in [7, 11) is 0. The van der Waals surface area contributed by atoms with Crippen LogP contribution >= 0.6 is 0 Å². The Morgan fingerprint density at radius 3 is 1.00 bits per heavy atom. The summed E-state index contributed by atoms with van der Waals surface area (Å²) in [5, 5.41) is 0. The molecule has 2 nitrogen and oxygen atoms in total. The zero-order valence-electron chi connectivity index (χ0n) is 33.5. The van der Waals surface area contributed by atoms with Gasteiger partial charge in [-0.05, 0) is 174 Å². The van der Waals surface area contributed by atoms with Crippen LogP contribution in [0.15, 0.2) is 109 Å². The fraction of sp³-hybridized carbons (Fsp3) is 0.308. The van der Waals surface area contributed by atoms with Crippen molar-refractivity contribution >= 4 is 34.1 Å². The van der Waals surface area contributed by atoms with Crippen molar-refractivity contribution < 1.29 is 0 Å². The molecule has 272 valence electrons. The van der Waals surface area contributed by atoms with Gasteiger partial charge in [0.05, 0.1) is 11.4 Å². The Bertz CT molecular complexity index is 2200. The highest BCUT2D eigenvalue weighted by Gasteiger charge is 2.62. The molecular weight excluding hydrogens is 653 g/mol. The third-order valence-corrected chi connectivity index (χ3v) is 13.5. The van der Waals surface area contributed by atoms with Crippen molar-refractivity contribution in [2.75, 3.05) is 9.80 Å². The van der Waals surface area contributed by atoms with Crippen molar-refractivity contribution in [1.82, 2.24) is 0 Å². The number of fused-ring (bicyclic) bond motifs is 3. The van der Waals surface area contributed by atoms with Crippen LogP contribution in [0.2, 0.25) is 0 Å². The van der Waals surface area contributed by atoms with E-state index in [1.54, 1.807) is 11.1 Å². The van der Waals surface area contributed by atoms with E-state index in [-0.39, 0.29) is 10.8 Å². The molecule has 0 aliphatic heterocycles. The Morgan fingerprint density at radius 1 is 0.352 bits per heavy atom. The van der Waals surface area contributed by atoms with E-state index >= 15 is 0 Å². The number of benzene rings is 6. The SMILES string of the molecule is Cc1ccc(N(c2ccc3c(c2)C24CCCC2(CCC4)c2cc(N(c4ccc(C)cc4)c4c(C)cc(C)cc4C)ccc2-3)c2c(C)cc(C)cc2C)cc1. The first kappa shape index (κ1) is 34.7. The highest BCUT2D eigenvalue weighted by Crippen LogP contribution is 2.70. The summed E-state index contributed by atoms with van der Waals surface area (Å²) in [6.07, 6.45) is 7.61. The molecule has 3 aliphatic rings. The van der Waals surface area contributed by atoms with E-state index < -0.39 is 0 Å². The third-order valence-electron chi connectivity index (χ3n) is 13.5. The van der Waals surface area contributed by atoms with Gasteiger partial charge in [0.15, 0.2) is 0 Å². The molecule has 6 aromatic carbocycles. The van der Waals surface area contributed by atoms with E-state index in [1.165, 1.54) is 128 Å². The van der Waals surface area contributed by atoms with Crippen LogP contribution in [0.5, 0.6) is 0 Å². The molecule has 0 amide bonds. The normalized spacial score (nSPS) is 19.6. The van der Waals surface area contributed by atoms with E-state index in [9.17, 15) is 0 Å². The van der Waals surface area contributed by atoms with E-state index in [1.807, 2.05) is 0 Å². The smallest absolute Gasteiger partial charge is 0.0520 e. The summed E-state index contributed by atoms with van der Waals surface area (Å²) < 4.78 is 0. The van der Waals surface area contributed by atoms with Gasteiger partial charge < -0.3 is 9.80 Å². The summed E-state index contributed by atoms with van der Waals surface area (Å²) in [6, 6.07) is 42.6. The first-order chi connectivity index (χ1) is 26.0. The number of rotatable bonds is 6. The molecule has 2 saturated carbocycles. The maximum atomic E-state index is 2.62. The van der Waals surface area contributed by atoms with Gasteiger partial charge in [0.1, 0.15) is 0 Å². The third kappa shape index (κ3) is 5.20. The predicted molar refractivity (Wildman–Crippen MR) is 230 cm³/mol. The summed E-state index contributed by atoms with van der Waals surface area (Å²) in [5.74, 6) is 0. The van der Waals surface area contributed by atoms with Crippen molar-refractivity contribution in [2.45, 2.75) is 105 Å². The monoisotopic (exact) mass is 706 g/mol. The zero-order valence-corrected chi connectivity index (χ0v) is 33.5. The lowest BCUT2D eigenvalue weighted by Crippen LogP contribution is -2.43. The molecule has 0 spiro atoms. The van der Waals surface area contributed by atoms with Gasteiger partial charge >= 0.3 is 0 Å². The number of nitrogens with zero attached hydrogens (tertiary/aromatic N) is 2. The molecule has 2 fully saturated rings. The minimum Gasteiger partial charge on any atom is -0.310 e. The van der Waals surface area contributed by atoms with Gasteiger partial charge in [-0.1, -0.05) is 95.8 Å². The molecular formula is C52H54N2. The van der Waals surface area contributed by atoms with Crippen LogP contribution in [0.25, 0.3) is 11.1 Å². The fourth-order valence-corrected chi connectivity index (χ4v) is 11.5. The van der Waals surface area contributed by atoms with Crippen molar-refractivity contribution in [1.29, 1.82) is 0 Å². The molecule has 0 atom stereocenters. The quantitative estimate of drug-likeness (QED) is 0.170. The molecule has 9 rings (SSSR count). The van der Waals surface area contributed by atoms with Crippen LogP contribution in [0.1, 0.15) is 94.2 Å². The van der Waals surface area contributed by atoms with Crippen molar-refractivity contribution in [3.8, 4) is 11.1 Å². The number of hydrogen-bond donors (Lipinski definition) is 0. The lowest BCUT2D eigenvalue weighted by atomic mass is 9.55. The lowest BCUT2D eigenvalue weighted by molar-refractivity contribution is 0.299. The minimum atomic E-state index is 0.144. The Hall–Kier alpha value is -5.08. The Kier molecular flexibility index (Phi) is 8.19. The highest BCUT2D eigenvalue weighted by molar-refractivity contribution is 5.88. The van der Waals surface area contributed by atoms with Gasteiger partial charge in [0.25, 0.3) is 0 Å². The molecule has 0 bridgehead atoms. The van der Waals surface area contributed by atoms with Crippen LogP contribution in [0, 0.1) is 55.4 Å². The first-order valence-corrected chi connectivity index (χ1v) is 20.2.